The topological polar surface area (TPSA) is 101 Å². The molecule has 0 saturated heterocycles. The minimum atomic E-state index is -3.76. The fraction of sp³-hybridized carbons (Fsp3) is 0.286. The SMILES string of the molecule is CCCCc1nnc(NC(=O)c2ccc(S(=O)(=O)Nc3cccc(C)c3C)cc2)s1. The molecule has 0 aliphatic rings. The first-order valence-electron chi connectivity index (χ1n) is 9.63. The van der Waals surface area contributed by atoms with Crippen LogP contribution in [-0.2, 0) is 16.4 Å². The summed E-state index contributed by atoms with van der Waals surface area (Å²) in [4.78, 5) is 12.5. The van der Waals surface area contributed by atoms with E-state index in [1.807, 2.05) is 19.9 Å². The van der Waals surface area contributed by atoms with Crippen LogP contribution >= 0.6 is 11.3 Å². The molecular weight excluding hydrogens is 420 g/mol. The van der Waals surface area contributed by atoms with Gasteiger partial charge >= 0.3 is 0 Å². The molecule has 0 fully saturated rings. The molecular formula is C21H24N4O3S2. The number of hydrogen-bond acceptors (Lipinski definition) is 6. The summed E-state index contributed by atoms with van der Waals surface area (Å²) in [6.07, 6.45) is 2.92. The van der Waals surface area contributed by atoms with Gasteiger partial charge in [0.05, 0.1) is 10.6 Å². The Labute approximate surface area is 180 Å². The summed E-state index contributed by atoms with van der Waals surface area (Å²) in [5.74, 6) is -0.361. The number of nitrogens with one attached hydrogen (secondary N) is 2. The number of amides is 1. The molecule has 9 heteroatoms. The van der Waals surface area contributed by atoms with Gasteiger partial charge in [0.15, 0.2) is 0 Å². The first-order chi connectivity index (χ1) is 14.3. The van der Waals surface area contributed by atoms with E-state index < -0.39 is 10.0 Å². The van der Waals surface area contributed by atoms with E-state index in [4.69, 9.17) is 0 Å². The van der Waals surface area contributed by atoms with Crippen LogP contribution in [0.25, 0.3) is 0 Å². The van der Waals surface area contributed by atoms with Gasteiger partial charge < -0.3 is 0 Å². The molecule has 2 N–H and O–H groups in total. The van der Waals surface area contributed by atoms with Gasteiger partial charge in [0, 0.05) is 12.0 Å². The smallest absolute Gasteiger partial charge is 0.261 e. The summed E-state index contributed by atoms with van der Waals surface area (Å²) >= 11 is 1.35. The summed E-state index contributed by atoms with van der Waals surface area (Å²) < 4.78 is 28.0. The van der Waals surface area contributed by atoms with Crippen LogP contribution in [0.4, 0.5) is 10.8 Å². The van der Waals surface area contributed by atoms with Crippen LogP contribution in [0, 0.1) is 13.8 Å². The lowest BCUT2D eigenvalue weighted by atomic mass is 10.1. The molecule has 1 heterocycles. The van der Waals surface area contributed by atoms with E-state index in [9.17, 15) is 13.2 Å². The van der Waals surface area contributed by atoms with Gasteiger partial charge in [-0.1, -0.05) is 36.8 Å². The molecule has 0 spiro atoms. The van der Waals surface area contributed by atoms with Gasteiger partial charge in [0.25, 0.3) is 15.9 Å². The highest BCUT2D eigenvalue weighted by atomic mass is 32.2. The van der Waals surface area contributed by atoms with Gasteiger partial charge in [-0.25, -0.2) is 8.42 Å². The van der Waals surface area contributed by atoms with Crippen LogP contribution < -0.4 is 10.0 Å². The number of aromatic nitrogens is 2. The van der Waals surface area contributed by atoms with Crippen LogP contribution in [0.5, 0.6) is 0 Å². The normalized spacial score (nSPS) is 11.3. The van der Waals surface area contributed by atoms with E-state index >= 15 is 0 Å². The fourth-order valence-corrected chi connectivity index (χ4v) is 4.65. The van der Waals surface area contributed by atoms with Crippen molar-refractivity contribution in [2.75, 3.05) is 10.0 Å². The molecule has 0 radical (unpaired) electrons. The van der Waals surface area contributed by atoms with Crippen molar-refractivity contribution in [1.82, 2.24) is 10.2 Å². The largest absolute Gasteiger partial charge is 0.296 e. The molecule has 7 nitrogen and oxygen atoms in total. The van der Waals surface area contributed by atoms with Crippen molar-refractivity contribution in [2.24, 2.45) is 0 Å². The van der Waals surface area contributed by atoms with Crippen LogP contribution in [-0.4, -0.2) is 24.5 Å². The van der Waals surface area contributed by atoms with Crippen LogP contribution in [0.15, 0.2) is 47.4 Å². The van der Waals surface area contributed by atoms with Gasteiger partial charge in [0.1, 0.15) is 5.01 Å². The molecule has 0 aliphatic heterocycles. The maximum atomic E-state index is 12.7. The number of hydrogen-bond donors (Lipinski definition) is 2. The second-order valence-electron chi connectivity index (χ2n) is 6.94. The Morgan fingerprint density at radius 3 is 2.50 bits per heavy atom. The quantitative estimate of drug-likeness (QED) is 0.531. The van der Waals surface area contributed by atoms with Crippen LogP contribution in [0.2, 0.25) is 0 Å². The molecule has 158 valence electrons. The first kappa shape index (κ1) is 21.9. The zero-order valence-electron chi connectivity index (χ0n) is 17.1. The molecule has 0 unspecified atom stereocenters. The first-order valence-corrected chi connectivity index (χ1v) is 11.9. The highest BCUT2D eigenvalue weighted by Gasteiger charge is 2.17. The minimum absolute atomic E-state index is 0.0812. The molecule has 3 rings (SSSR count). The summed E-state index contributed by atoms with van der Waals surface area (Å²) in [7, 11) is -3.76. The van der Waals surface area contributed by atoms with Gasteiger partial charge in [0.2, 0.25) is 5.13 Å². The number of sulfonamides is 1. The molecule has 0 aliphatic carbocycles. The summed E-state index contributed by atoms with van der Waals surface area (Å²) in [5.41, 5.74) is 2.74. The summed E-state index contributed by atoms with van der Waals surface area (Å²) in [5, 5.41) is 12.1. The predicted octanol–water partition coefficient (Wildman–Crippen LogP) is 4.55. The molecule has 30 heavy (non-hydrogen) atoms. The van der Waals surface area contributed by atoms with E-state index in [0.29, 0.717) is 16.4 Å². The van der Waals surface area contributed by atoms with E-state index in [0.717, 1.165) is 35.4 Å². The number of nitrogens with zero attached hydrogens (tertiary/aromatic N) is 2. The Kier molecular flexibility index (Phi) is 6.84. The standard InChI is InChI=1S/C21H24N4O3S2/c1-4-5-9-19-23-24-21(29-19)22-20(26)16-10-12-17(13-11-16)30(27,28)25-18-8-6-7-14(2)15(18)3/h6-8,10-13,25H,4-5,9H2,1-3H3,(H,22,24,26). The Morgan fingerprint density at radius 2 is 1.80 bits per heavy atom. The maximum absolute atomic E-state index is 12.7. The second-order valence-corrected chi connectivity index (χ2v) is 9.68. The summed E-state index contributed by atoms with van der Waals surface area (Å²) in [6, 6.07) is 11.2. The number of rotatable bonds is 8. The lowest BCUT2D eigenvalue weighted by molar-refractivity contribution is 0.102. The van der Waals surface area contributed by atoms with Gasteiger partial charge in [-0.3, -0.25) is 14.8 Å². The monoisotopic (exact) mass is 444 g/mol. The van der Waals surface area contributed by atoms with Gasteiger partial charge in [-0.2, -0.15) is 0 Å². The van der Waals surface area contributed by atoms with E-state index in [1.54, 1.807) is 12.1 Å². The highest BCUT2D eigenvalue weighted by molar-refractivity contribution is 7.92. The number of aryl methyl sites for hydroxylation is 2. The van der Waals surface area contributed by atoms with Gasteiger partial charge in [-0.05, 0) is 61.7 Å². The zero-order chi connectivity index (χ0) is 21.7. The van der Waals surface area contributed by atoms with E-state index in [1.165, 1.54) is 35.6 Å². The molecule has 1 aromatic heterocycles. The average Bonchev–Trinajstić information content (AvgIpc) is 3.17. The lowest BCUT2D eigenvalue weighted by Gasteiger charge is -2.12. The lowest BCUT2D eigenvalue weighted by Crippen LogP contribution is -2.15. The number of anilines is 2. The molecule has 3 aromatic rings. The number of unbranched alkanes of at least 4 members (excludes halogenated alkanes) is 1. The predicted molar refractivity (Wildman–Crippen MR) is 120 cm³/mol. The molecule has 0 atom stereocenters. The van der Waals surface area contributed by atoms with Crippen molar-refractivity contribution in [3.8, 4) is 0 Å². The second kappa shape index (κ2) is 9.36. The average molecular weight is 445 g/mol. The van der Waals surface area contributed by atoms with Crippen LogP contribution in [0.3, 0.4) is 0 Å². The van der Waals surface area contributed by atoms with Crippen molar-refractivity contribution in [1.29, 1.82) is 0 Å². The van der Waals surface area contributed by atoms with Crippen molar-refractivity contribution in [3.63, 3.8) is 0 Å². The van der Waals surface area contributed by atoms with Gasteiger partial charge in [-0.15, -0.1) is 10.2 Å². The third kappa shape index (κ3) is 5.22. The van der Waals surface area contributed by atoms with E-state index in [2.05, 4.69) is 27.2 Å². The Bertz CT molecular complexity index is 1140. The van der Waals surface area contributed by atoms with Crippen molar-refractivity contribution >= 4 is 38.1 Å². The van der Waals surface area contributed by atoms with Crippen molar-refractivity contribution in [3.05, 3.63) is 64.2 Å². The molecule has 0 saturated carbocycles. The number of carbonyl (C=O) groups is 1. The number of carbonyl (C=O) groups excluding carboxylic acids is 1. The van der Waals surface area contributed by atoms with Crippen LogP contribution in [0.1, 0.15) is 46.3 Å². The third-order valence-corrected chi connectivity index (χ3v) is 6.99. The molecule has 0 bridgehead atoms. The number of benzene rings is 2. The minimum Gasteiger partial charge on any atom is -0.296 e. The fourth-order valence-electron chi connectivity index (χ4n) is 2.75. The highest BCUT2D eigenvalue weighted by Crippen LogP contribution is 2.23. The summed E-state index contributed by atoms with van der Waals surface area (Å²) in [6.45, 7) is 5.89. The third-order valence-electron chi connectivity index (χ3n) is 4.71. The molecule has 2 aromatic carbocycles. The van der Waals surface area contributed by atoms with Crippen molar-refractivity contribution in [2.45, 2.75) is 44.9 Å². The Hall–Kier alpha value is -2.78. The van der Waals surface area contributed by atoms with Crippen molar-refractivity contribution < 1.29 is 13.2 Å². The molecule has 1 amide bonds. The Morgan fingerprint density at radius 1 is 1.07 bits per heavy atom. The Balaban J connectivity index is 1.69. The maximum Gasteiger partial charge on any atom is 0.261 e. The zero-order valence-corrected chi connectivity index (χ0v) is 18.7. The van der Waals surface area contributed by atoms with E-state index in [-0.39, 0.29) is 10.8 Å².